The largest absolute Gasteiger partial charge is 0.493 e. The fraction of sp³-hybridized carbons (Fsp3) is 0.438. The van der Waals surface area contributed by atoms with Crippen LogP contribution < -0.4 is 14.8 Å². The zero-order valence-electron chi connectivity index (χ0n) is 12.3. The topological polar surface area (TPSA) is 47.6 Å². The third-order valence-corrected chi connectivity index (χ3v) is 2.75. The fourth-order valence-corrected chi connectivity index (χ4v) is 1.68. The van der Waals surface area contributed by atoms with E-state index in [1.165, 1.54) is 0 Å². The number of amides is 1. The van der Waals surface area contributed by atoms with E-state index in [9.17, 15) is 4.79 Å². The molecule has 0 heterocycles. The number of hydrogen-bond acceptors (Lipinski definition) is 3. The second-order valence-electron chi connectivity index (χ2n) is 4.28. The Kier molecular flexibility index (Phi) is 7.05. The third kappa shape index (κ3) is 5.23. The summed E-state index contributed by atoms with van der Waals surface area (Å²) in [6, 6.07) is 5.19. The van der Waals surface area contributed by atoms with Gasteiger partial charge in [0.25, 0.3) is 5.91 Å². The first-order valence-electron chi connectivity index (χ1n) is 6.73. The molecule has 0 atom stereocenters. The van der Waals surface area contributed by atoms with Crippen LogP contribution in [0.1, 0.15) is 32.6 Å². The molecule has 4 nitrogen and oxygen atoms in total. The first-order valence-corrected chi connectivity index (χ1v) is 6.73. The van der Waals surface area contributed by atoms with Gasteiger partial charge in [-0.15, -0.1) is 0 Å². The lowest BCUT2D eigenvalue weighted by molar-refractivity contribution is -0.111. The number of rotatable bonds is 6. The molecule has 1 rings (SSSR count). The van der Waals surface area contributed by atoms with E-state index in [2.05, 4.69) is 24.1 Å². The maximum Gasteiger partial charge on any atom is 0.300 e. The number of methoxy groups -OCH3 is 2. The van der Waals surface area contributed by atoms with Gasteiger partial charge in [-0.25, -0.2) is 0 Å². The molecule has 1 aromatic rings. The van der Waals surface area contributed by atoms with E-state index in [4.69, 9.17) is 9.47 Å². The van der Waals surface area contributed by atoms with Gasteiger partial charge in [-0.05, 0) is 24.5 Å². The summed E-state index contributed by atoms with van der Waals surface area (Å²) in [5, 5.41) is 2.71. The molecule has 0 radical (unpaired) electrons. The summed E-state index contributed by atoms with van der Waals surface area (Å²) in [6.45, 7) is 2.14. The Hall–Kier alpha value is -2.15. The number of hydrogen-bond donors (Lipinski definition) is 1. The summed E-state index contributed by atoms with van der Waals surface area (Å²) in [7, 11) is 3.12. The van der Waals surface area contributed by atoms with Gasteiger partial charge >= 0.3 is 0 Å². The fourth-order valence-electron chi connectivity index (χ4n) is 1.68. The van der Waals surface area contributed by atoms with Crippen LogP contribution in [0.15, 0.2) is 18.2 Å². The molecule has 0 aliphatic heterocycles. The van der Waals surface area contributed by atoms with E-state index in [0.29, 0.717) is 17.2 Å². The van der Waals surface area contributed by atoms with Crippen molar-refractivity contribution in [1.29, 1.82) is 0 Å². The molecule has 108 valence electrons. The van der Waals surface area contributed by atoms with Gasteiger partial charge < -0.3 is 14.8 Å². The van der Waals surface area contributed by atoms with Crippen LogP contribution in [0.5, 0.6) is 11.5 Å². The lowest BCUT2D eigenvalue weighted by Gasteiger charge is -2.09. The molecule has 0 aliphatic rings. The summed E-state index contributed by atoms with van der Waals surface area (Å²) in [5.74, 6) is 6.34. The van der Waals surface area contributed by atoms with Crippen molar-refractivity contribution in [2.24, 2.45) is 0 Å². The summed E-state index contributed by atoms with van der Waals surface area (Å²) in [5.41, 5.74) is 0.635. The van der Waals surface area contributed by atoms with E-state index in [1.807, 2.05) is 0 Å². The Morgan fingerprint density at radius 1 is 1.20 bits per heavy atom. The molecule has 0 bridgehead atoms. The number of carbonyl (C=O) groups excluding carboxylic acids is 1. The van der Waals surface area contributed by atoms with Crippen molar-refractivity contribution < 1.29 is 14.3 Å². The molecular weight excluding hydrogens is 254 g/mol. The van der Waals surface area contributed by atoms with Crippen molar-refractivity contribution in [3.63, 3.8) is 0 Å². The lowest BCUT2D eigenvalue weighted by atomic mass is 10.2. The smallest absolute Gasteiger partial charge is 0.300 e. The Bertz CT molecular complexity index is 500. The zero-order chi connectivity index (χ0) is 14.8. The highest BCUT2D eigenvalue weighted by Gasteiger charge is 2.05. The molecule has 0 spiro atoms. The van der Waals surface area contributed by atoms with Crippen LogP contribution in [-0.4, -0.2) is 20.1 Å². The van der Waals surface area contributed by atoms with E-state index in [1.54, 1.807) is 32.4 Å². The highest BCUT2D eigenvalue weighted by Crippen LogP contribution is 2.29. The van der Waals surface area contributed by atoms with Gasteiger partial charge in [0.2, 0.25) is 0 Å². The molecule has 1 amide bonds. The average molecular weight is 275 g/mol. The molecule has 0 aliphatic carbocycles. The van der Waals surface area contributed by atoms with Crippen LogP contribution >= 0.6 is 0 Å². The minimum Gasteiger partial charge on any atom is -0.493 e. The van der Waals surface area contributed by atoms with Gasteiger partial charge in [0.1, 0.15) is 0 Å². The SMILES string of the molecule is CCCCCC#CC(=O)Nc1ccc(OC)c(OC)c1. The number of ether oxygens (including phenoxy) is 2. The number of nitrogens with one attached hydrogen (secondary N) is 1. The van der Waals surface area contributed by atoms with Crippen LogP contribution in [0.4, 0.5) is 5.69 Å². The summed E-state index contributed by atoms with van der Waals surface area (Å²) in [6.07, 6.45) is 4.09. The molecule has 0 unspecified atom stereocenters. The van der Waals surface area contributed by atoms with E-state index >= 15 is 0 Å². The van der Waals surface area contributed by atoms with Crippen molar-refractivity contribution in [3.8, 4) is 23.3 Å². The highest BCUT2D eigenvalue weighted by atomic mass is 16.5. The minimum absolute atomic E-state index is 0.311. The van der Waals surface area contributed by atoms with Gasteiger partial charge in [0.15, 0.2) is 11.5 Å². The highest BCUT2D eigenvalue weighted by molar-refractivity contribution is 6.04. The zero-order valence-corrected chi connectivity index (χ0v) is 12.3. The lowest BCUT2D eigenvalue weighted by Crippen LogP contribution is -2.08. The molecule has 20 heavy (non-hydrogen) atoms. The molecule has 0 fully saturated rings. The Labute approximate surface area is 120 Å². The van der Waals surface area contributed by atoms with Crippen LogP contribution in [0.2, 0.25) is 0 Å². The van der Waals surface area contributed by atoms with Crippen LogP contribution in [0, 0.1) is 11.8 Å². The minimum atomic E-state index is -0.311. The van der Waals surface area contributed by atoms with Crippen molar-refractivity contribution in [1.82, 2.24) is 0 Å². The molecule has 0 saturated heterocycles. The predicted molar refractivity (Wildman–Crippen MR) is 80.1 cm³/mol. The second-order valence-corrected chi connectivity index (χ2v) is 4.28. The van der Waals surface area contributed by atoms with Crippen LogP contribution in [-0.2, 0) is 4.79 Å². The number of unbranched alkanes of at least 4 members (excludes halogenated alkanes) is 3. The first kappa shape index (κ1) is 15.9. The summed E-state index contributed by atoms with van der Waals surface area (Å²) < 4.78 is 10.3. The van der Waals surface area contributed by atoms with Gasteiger partial charge in [-0.2, -0.15) is 0 Å². The van der Waals surface area contributed by atoms with Gasteiger partial charge in [-0.3, -0.25) is 4.79 Å². The monoisotopic (exact) mass is 275 g/mol. The summed E-state index contributed by atoms with van der Waals surface area (Å²) in [4.78, 5) is 11.6. The quantitative estimate of drug-likeness (QED) is 0.640. The third-order valence-electron chi connectivity index (χ3n) is 2.75. The van der Waals surface area contributed by atoms with E-state index < -0.39 is 0 Å². The number of benzene rings is 1. The average Bonchev–Trinajstić information content (AvgIpc) is 2.46. The summed E-state index contributed by atoms with van der Waals surface area (Å²) >= 11 is 0. The van der Waals surface area contributed by atoms with Gasteiger partial charge in [0, 0.05) is 18.2 Å². The Morgan fingerprint density at radius 3 is 2.60 bits per heavy atom. The molecule has 1 aromatic carbocycles. The second kappa shape index (κ2) is 8.87. The van der Waals surface area contributed by atoms with Gasteiger partial charge in [0.05, 0.1) is 14.2 Å². The standard InChI is InChI=1S/C16H21NO3/c1-4-5-6-7-8-9-16(18)17-13-10-11-14(19-2)15(12-13)20-3/h10-12H,4-7H2,1-3H3,(H,17,18). The van der Waals surface area contributed by atoms with Gasteiger partial charge in [-0.1, -0.05) is 25.7 Å². The van der Waals surface area contributed by atoms with Crippen molar-refractivity contribution >= 4 is 11.6 Å². The van der Waals surface area contributed by atoms with Crippen LogP contribution in [0.25, 0.3) is 0 Å². The van der Waals surface area contributed by atoms with E-state index in [-0.39, 0.29) is 5.91 Å². The Morgan fingerprint density at radius 2 is 1.95 bits per heavy atom. The predicted octanol–water partition coefficient (Wildman–Crippen LogP) is 3.23. The maximum absolute atomic E-state index is 11.6. The normalized spacial score (nSPS) is 9.35. The number of anilines is 1. The maximum atomic E-state index is 11.6. The van der Waals surface area contributed by atoms with E-state index in [0.717, 1.165) is 25.7 Å². The van der Waals surface area contributed by atoms with Crippen molar-refractivity contribution in [3.05, 3.63) is 18.2 Å². The molecule has 0 saturated carbocycles. The van der Waals surface area contributed by atoms with Crippen molar-refractivity contribution in [2.45, 2.75) is 32.6 Å². The first-order chi connectivity index (χ1) is 9.71. The number of carbonyl (C=O) groups is 1. The Balaban J connectivity index is 2.57. The van der Waals surface area contributed by atoms with Crippen LogP contribution in [0.3, 0.4) is 0 Å². The molecule has 1 N–H and O–H groups in total. The molecule has 4 heteroatoms. The molecule has 0 aromatic heterocycles. The van der Waals surface area contributed by atoms with Crippen molar-refractivity contribution in [2.75, 3.05) is 19.5 Å². The molecular formula is C16H21NO3.